The Bertz CT molecular complexity index is 747. The van der Waals surface area contributed by atoms with Crippen LogP contribution < -0.4 is 5.43 Å². The van der Waals surface area contributed by atoms with E-state index >= 15 is 0 Å². The van der Waals surface area contributed by atoms with Gasteiger partial charge >= 0.3 is 0 Å². The Kier molecular flexibility index (Phi) is 5.56. The minimum atomic E-state index is -1.38. The van der Waals surface area contributed by atoms with Gasteiger partial charge in [0.2, 0.25) is 0 Å². The van der Waals surface area contributed by atoms with E-state index in [2.05, 4.69) is 26.5 Å². The zero-order valence-corrected chi connectivity index (χ0v) is 13.3. The number of nitro groups is 1. The molecule has 23 heavy (non-hydrogen) atoms. The molecule has 0 spiro atoms. The molecule has 0 aliphatic heterocycles. The molecule has 2 rings (SSSR count). The maximum atomic E-state index is 11.8. The normalized spacial score (nSPS) is 12.1. The number of benzene rings is 2. The van der Waals surface area contributed by atoms with Gasteiger partial charge in [-0.15, -0.1) is 0 Å². The predicted octanol–water partition coefficient (Wildman–Crippen LogP) is 2.54. The van der Waals surface area contributed by atoms with Gasteiger partial charge in [-0.2, -0.15) is 5.10 Å². The quantitative estimate of drug-likeness (QED) is 0.474. The number of hydrogen-bond donors (Lipinski definition) is 2. The third-order valence-electron chi connectivity index (χ3n) is 2.95. The Labute approximate surface area is 139 Å². The fourth-order valence-corrected chi connectivity index (χ4v) is 2.05. The van der Waals surface area contributed by atoms with Crippen molar-refractivity contribution in [3.8, 4) is 0 Å². The number of hydrogen-bond acceptors (Lipinski definition) is 5. The number of carbonyl (C=O) groups is 1. The molecule has 0 aliphatic carbocycles. The van der Waals surface area contributed by atoms with Gasteiger partial charge in [-0.25, -0.2) is 5.43 Å². The smallest absolute Gasteiger partial charge is 0.278 e. The largest absolute Gasteiger partial charge is 0.378 e. The average Bonchev–Trinajstić information content (AvgIpc) is 2.55. The predicted molar refractivity (Wildman–Crippen MR) is 87.9 cm³/mol. The Morgan fingerprint density at radius 1 is 1.26 bits per heavy atom. The standard InChI is InChI=1S/C15H12BrN3O4/c16-12-7-5-10(6-8-12)14(20)15(21)18-17-9-11-3-1-2-4-13(11)19(22)23/h1-9,14,20H,(H,18,21)/b17-9+. The van der Waals surface area contributed by atoms with E-state index in [1.165, 1.54) is 18.2 Å². The van der Waals surface area contributed by atoms with Gasteiger partial charge in [0.15, 0.2) is 6.10 Å². The summed E-state index contributed by atoms with van der Waals surface area (Å²) >= 11 is 3.26. The number of carbonyl (C=O) groups excluding carboxylic acids is 1. The number of nitro benzene ring substituents is 1. The molecule has 0 radical (unpaired) electrons. The molecule has 118 valence electrons. The van der Waals surface area contributed by atoms with Crippen molar-refractivity contribution in [1.82, 2.24) is 5.43 Å². The second kappa shape index (κ2) is 7.61. The summed E-state index contributed by atoms with van der Waals surface area (Å²) in [5.41, 5.74) is 2.69. The van der Waals surface area contributed by atoms with Crippen LogP contribution in [0.1, 0.15) is 17.2 Å². The van der Waals surface area contributed by atoms with Crippen LogP contribution in [0.5, 0.6) is 0 Å². The molecule has 2 aromatic carbocycles. The summed E-state index contributed by atoms with van der Waals surface area (Å²) in [5.74, 6) is -0.734. The van der Waals surface area contributed by atoms with Crippen molar-refractivity contribution in [2.45, 2.75) is 6.10 Å². The second-order valence-corrected chi connectivity index (χ2v) is 5.42. The molecule has 8 heteroatoms. The summed E-state index contributed by atoms with van der Waals surface area (Å²) in [6.07, 6.45) is -0.226. The average molecular weight is 378 g/mol. The van der Waals surface area contributed by atoms with E-state index in [-0.39, 0.29) is 11.3 Å². The van der Waals surface area contributed by atoms with E-state index in [4.69, 9.17) is 0 Å². The lowest BCUT2D eigenvalue weighted by atomic mass is 10.1. The first kappa shape index (κ1) is 16.8. The molecule has 0 aliphatic rings. The number of aliphatic hydroxyl groups is 1. The van der Waals surface area contributed by atoms with E-state index in [9.17, 15) is 20.0 Å². The lowest BCUT2D eigenvalue weighted by Crippen LogP contribution is -2.25. The van der Waals surface area contributed by atoms with Crippen LogP contribution in [0.4, 0.5) is 5.69 Å². The van der Waals surface area contributed by atoms with Gasteiger partial charge in [-0.1, -0.05) is 40.2 Å². The van der Waals surface area contributed by atoms with Gasteiger partial charge in [0.05, 0.1) is 16.7 Å². The monoisotopic (exact) mass is 377 g/mol. The summed E-state index contributed by atoms with van der Waals surface area (Å²) in [5, 5.41) is 24.4. The van der Waals surface area contributed by atoms with E-state index < -0.39 is 16.9 Å². The van der Waals surface area contributed by atoms with Crippen LogP contribution >= 0.6 is 15.9 Å². The minimum Gasteiger partial charge on any atom is -0.378 e. The van der Waals surface area contributed by atoms with E-state index in [1.54, 1.807) is 30.3 Å². The molecular formula is C15H12BrN3O4. The first-order valence-electron chi connectivity index (χ1n) is 6.49. The maximum Gasteiger partial charge on any atom is 0.278 e. The molecule has 0 fully saturated rings. The molecule has 0 heterocycles. The van der Waals surface area contributed by atoms with Crippen LogP contribution in [-0.2, 0) is 4.79 Å². The Hall–Kier alpha value is -2.58. The zero-order chi connectivity index (χ0) is 16.8. The number of rotatable bonds is 5. The van der Waals surface area contributed by atoms with Crippen LogP contribution in [0, 0.1) is 10.1 Å². The Morgan fingerprint density at radius 2 is 1.91 bits per heavy atom. The van der Waals surface area contributed by atoms with Gasteiger partial charge in [0, 0.05) is 10.5 Å². The lowest BCUT2D eigenvalue weighted by Gasteiger charge is -2.08. The SMILES string of the molecule is O=C(N/N=C/c1ccccc1[N+](=O)[O-])C(O)c1ccc(Br)cc1. The number of hydrazone groups is 1. The molecule has 2 aromatic rings. The van der Waals surface area contributed by atoms with Gasteiger partial charge in [-0.05, 0) is 23.8 Å². The highest BCUT2D eigenvalue weighted by atomic mass is 79.9. The summed E-state index contributed by atoms with van der Waals surface area (Å²) in [6, 6.07) is 12.6. The van der Waals surface area contributed by atoms with E-state index in [0.29, 0.717) is 5.56 Å². The Morgan fingerprint density at radius 3 is 2.57 bits per heavy atom. The maximum absolute atomic E-state index is 11.8. The van der Waals surface area contributed by atoms with Crippen LogP contribution in [0.15, 0.2) is 58.1 Å². The summed E-state index contributed by atoms with van der Waals surface area (Å²) in [7, 11) is 0. The molecule has 0 saturated carbocycles. The highest BCUT2D eigenvalue weighted by Crippen LogP contribution is 2.17. The molecule has 7 nitrogen and oxygen atoms in total. The van der Waals surface area contributed by atoms with Crippen molar-refractivity contribution in [2.75, 3.05) is 0 Å². The van der Waals surface area contributed by atoms with Gasteiger partial charge in [0.1, 0.15) is 0 Å². The van der Waals surface area contributed by atoms with Crippen LogP contribution in [0.25, 0.3) is 0 Å². The number of aliphatic hydroxyl groups excluding tert-OH is 1. The molecular weight excluding hydrogens is 366 g/mol. The first-order chi connectivity index (χ1) is 11.0. The van der Waals surface area contributed by atoms with Gasteiger partial charge in [-0.3, -0.25) is 14.9 Å². The topological polar surface area (TPSA) is 105 Å². The minimum absolute atomic E-state index is 0.126. The summed E-state index contributed by atoms with van der Waals surface area (Å²) in [6.45, 7) is 0. The molecule has 2 N–H and O–H groups in total. The third-order valence-corrected chi connectivity index (χ3v) is 3.47. The molecule has 1 amide bonds. The summed E-state index contributed by atoms with van der Waals surface area (Å²) in [4.78, 5) is 22.1. The van der Waals surface area contributed by atoms with Crippen LogP contribution in [0.3, 0.4) is 0 Å². The number of nitrogens with zero attached hydrogens (tertiary/aromatic N) is 2. The fourth-order valence-electron chi connectivity index (χ4n) is 1.79. The number of amides is 1. The van der Waals surface area contributed by atoms with Crippen LogP contribution in [0.2, 0.25) is 0 Å². The van der Waals surface area contributed by atoms with Crippen molar-refractivity contribution < 1.29 is 14.8 Å². The van der Waals surface area contributed by atoms with E-state index in [1.807, 2.05) is 0 Å². The van der Waals surface area contributed by atoms with Crippen molar-refractivity contribution >= 4 is 33.7 Å². The van der Waals surface area contributed by atoms with Crippen molar-refractivity contribution in [1.29, 1.82) is 0 Å². The molecule has 1 atom stereocenters. The number of para-hydroxylation sites is 1. The molecule has 1 unspecified atom stereocenters. The fraction of sp³-hybridized carbons (Fsp3) is 0.0667. The van der Waals surface area contributed by atoms with E-state index in [0.717, 1.165) is 10.7 Å². The molecule has 0 saturated heterocycles. The van der Waals surface area contributed by atoms with Crippen LogP contribution in [-0.4, -0.2) is 22.2 Å². The van der Waals surface area contributed by atoms with Gasteiger partial charge < -0.3 is 5.11 Å². The Balaban J connectivity index is 2.04. The lowest BCUT2D eigenvalue weighted by molar-refractivity contribution is -0.385. The number of nitrogens with one attached hydrogen (secondary N) is 1. The van der Waals surface area contributed by atoms with Gasteiger partial charge in [0.25, 0.3) is 11.6 Å². The zero-order valence-electron chi connectivity index (χ0n) is 11.7. The highest BCUT2D eigenvalue weighted by Gasteiger charge is 2.16. The van der Waals surface area contributed by atoms with Crippen molar-refractivity contribution in [3.63, 3.8) is 0 Å². The highest BCUT2D eigenvalue weighted by molar-refractivity contribution is 9.10. The van der Waals surface area contributed by atoms with Crippen molar-refractivity contribution in [3.05, 3.63) is 74.2 Å². The molecule has 0 aromatic heterocycles. The molecule has 0 bridgehead atoms. The third kappa shape index (κ3) is 4.44. The second-order valence-electron chi connectivity index (χ2n) is 4.50. The number of halogens is 1. The first-order valence-corrected chi connectivity index (χ1v) is 7.28. The van der Waals surface area contributed by atoms with Crippen molar-refractivity contribution in [2.24, 2.45) is 5.10 Å². The summed E-state index contributed by atoms with van der Waals surface area (Å²) < 4.78 is 0.822.